The molecule has 0 heterocycles. The summed E-state index contributed by atoms with van der Waals surface area (Å²) in [6, 6.07) is 4.14. The largest absolute Gasteiger partial charge is 0.504 e. The molecule has 0 amide bonds. The van der Waals surface area contributed by atoms with E-state index in [0.717, 1.165) is 19.5 Å². The van der Waals surface area contributed by atoms with Gasteiger partial charge in [-0.15, -0.1) is 0 Å². The summed E-state index contributed by atoms with van der Waals surface area (Å²) in [6.45, 7) is 2.13. The number of phenols is 2. The minimum Gasteiger partial charge on any atom is -0.504 e. The molecule has 5 nitrogen and oxygen atoms in total. The van der Waals surface area contributed by atoms with Crippen molar-refractivity contribution in [2.24, 2.45) is 0 Å². The van der Waals surface area contributed by atoms with Crippen LogP contribution in [0.2, 0.25) is 0 Å². The van der Waals surface area contributed by atoms with Gasteiger partial charge in [0, 0.05) is 5.56 Å². The third-order valence-corrected chi connectivity index (χ3v) is 2.86. The van der Waals surface area contributed by atoms with Gasteiger partial charge in [0.2, 0.25) is 0 Å². The van der Waals surface area contributed by atoms with Crippen LogP contribution in [0, 0.1) is 0 Å². The van der Waals surface area contributed by atoms with Gasteiger partial charge in [0.05, 0.1) is 6.54 Å². The van der Waals surface area contributed by atoms with Crippen molar-refractivity contribution in [2.75, 3.05) is 40.8 Å². The van der Waals surface area contributed by atoms with Gasteiger partial charge < -0.3 is 15.1 Å². The molecule has 5 heteroatoms. The van der Waals surface area contributed by atoms with E-state index in [1.165, 1.54) is 18.2 Å². The molecule has 0 aliphatic rings. The summed E-state index contributed by atoms with van der Waals surface area (Å²) >= 11 is 0. The average Bonchev–Trinajstić information content (AvgIpc) is 2.32. The molecule has 0 saturated carbocycles. The highest BCUT2D eigenvalue weighted by Crippen LogP contribution is 2.25. The Kier molecular flexibility index (Phi) is 5.79. The number of nitrogens with zero attached hydrogens (tertiary/aromatic N) is 2. The molecule has 0 aliphatic carbocycles. The summed E-state index contributed by atoms with van der Waals surface area (Å²) in [5.41, 5.74) is 0.412. The fraction of sp³-hybridized carbons (Fsp3) is 0.500. The first-order chi connectivity index (χ1) is 8.90. The van der Waals surface area contributed by atoms with Crippen LogP contribution in [-0.4, -0.2) is 66.6 Å². The number of hydrogen-bond donors (Lipinski definition) is 2. The van der Waals surface area contributed by atoms with Crippen molar-refractivity contribution in [2.45, 2.75) is 6.42 Å². The van der Waals surface area contributed by atoms with Crippen LogP contribution in [0.5, 0.6) is 11.5 Å². The van der Waals surface area contributed by atoms with Gasteiger partial charge in [-0.2, -0.15) is 0 Å². The molecule has 1 rings (SSSR count). The highest BCUT2D eigenvalue weighted by atomic mass is 16.3. The Morgan fingerprint density at radius 2 is 1.79 bits per heavy atom. The summed E-state index contributed by atoms with van der Waals surface area (Å²) < 4.78 is 0. The van der Waals surface area contributed by atoms with Crippen molar-refractivity contribution < 1.29 is 15.0 Å². The summed E-state index contributed by atoms with van der Waals surface area (Å²) in [4.78, 5) is 16.0. The number of likely N-dealkylation sites (N-methyl/N-ethyl adjacent to an activating group) is 1. The first-order valence-electron chi connectivity index (χ1n) is 6.28. The van der Waals surface area contributed by atoms with Crippen molar-refractivity contribution in [1.82, 2.24) is 9.80 Å². The maximum Gasteiger partial charge on any atom is 0.176 e. The molecule has 0 atom stereocenters. The monoisotopic (exact) mass is 266 g/mol. The fourth-order valence-electron chi connectivity index (χ4n) is 1.77. The Balaban J connectivity index is 2.47. The van der Waals surface area contributed by atoms with Crippen molar-refractivity contribution in [3.05, 3.63) is 23.8 Å². The number of carbonyl (C=O) groups is 1. The fourth-order valence-corrected chi connectivity index (χ4v) is 1.77. The Hall–Kier alpha value is -1.59. The third-order valence-electron chi connectivity index (χ3n) is 2.86. The first kappa shape index (κ1) is 15.5. The van der Waals surface area contributed by atoms with E-state index in [-0.39, 0.29) is 17.3 Å². The van der Waals surface area contributed by atoms with Gasteiger partial charge in [-0.3, -0.25) is 9.69 Å². The van der Waals surface area contributed by atoms with Crippen LogP contribution in [0.15, 0.2) is 18.2 Å². The zero-order chi connectivity index (χ0) is 14.4. The zero-order valence-corrected chi connectivity index (χ0v) is 11.8. The number of benzene rings is 1. The predicted molar refractivity (Wildman–Crippen MR) is 74.8 cm³/mol. The first-order valence-corrected chi connectivity index (χ1v) is 6.28. The van der Waals surface area contributed by atoms with Crippen LogP contribution in [0.3, 0.4) is 0 Å². The van der Waals surface area contributed by atoms with Crippen LogP contribution in [-0.2, 0) is 0 Å². The lowest BCUT2D eigenvalue weighted by Gasteiger charge is -2.17. The highest BCUT2D eigenvalue weighted by molar-refractivity contribution is 5.98. The van der Waals surface area contributed by atoms with Gasteiger partial charge in [-0.1, -0.05) is 0 Å². The number of hydrogen-bond acceptors (Lipinski definition) is 5. The van der Waals surface area contributed by atoms with Crippen molar-refractivity contribution in [3.63, 3.8) is 0 Å². The smallest absolute Gasteiger partial charge is 0.176 e. The molecule has 0 radical (unpaired) electrons. The van der Waals surface area contributed by atoms with E-state index in [9.17, 15) is 15.0 Å². The summed E-state index contributed by atoms with van der Waals surface area (Å²) in [5, 5.41) is 18.6. The molecular weight excluding hydrogens is 244 g/mol. The minimum absolute atomic E-state index is 0.0670. The number of ketones is 1. The Morgan fingerprint density at radius 1 is 1.11 bits per heavy atom. The molecular formula is C14H22N2O3. The topological polar surface area (TPSA) is 64.0 Å². The van der Waals surface area contributed by atoms with Crippen molar-refractivity contribution >= 4 is 5.78 Å². The van der Waals surface area contributed by atoms with Gasteiger partial charge in [-0.25, -0.2) is 0 Å². The third kappa shape index (κ3) is 5.28. The molecule has 2 N–H and O–H groups in total. The lowest BCUT2D eigenvalue weighted by atomic mass is 10.1. The van der Waals surface area contributed by atoms with Crippen LogP contribution in [0.25, 0.3) is 0 Å². The van der Waals surface area contributed by atoms with Crippen molar-refractivity contribution in [3.8, 4) is 11.5 Å². The van der Waals surface area contributed by atoms with E-state index in [1.807, 2.05) is 26.0 Å². The maximum absolute atomic E-state index is 12.0. The maximum atomic E-state index is 12.0. The van der Waals surface area contributed by atoms with E-state index in [0.29, 0.717) is 12.1 Å². The number of carbonyl (C=O) groups excluding carboxylic acids is 1. The van der Waals surface area contributed by atoms with E-state index in [4.69, 9.17) is 0 Å². The second-order valence-corrected chi connectivity index (χ2v) is 5.02. The summed E-state index contributed by atoms with van der Waals surface area (Å²) in [7, 11) is 5.93. The molecule has 1 aromatic rings. The van der Waals surface area contributed by atoms with Crippen LogP contribution >= 0.6 is 0 Å². The SMILES string of the molecule is CN(C)CCCN(C)CC(=O)c1ccc(O)c(O)c1. The number of Topliss-reactive ketones (excluding diaryl/α,β-unsaturated/α-hetero) is 1. The molecule has 106 valence electrons. The van der Waals surface area contributed by atoms with Gasteiger partial charge >= 0.3 is 0 Å². The molecule has 0 fully saturated rings. The van der Waals surface area contributed by atoms with E-state index in [1.54, 1.807) is 0 Å². The average molecular weight is 266 g/mol. The standard InChI is InChI=1S/C14H22N2O3/c1-15(2)7-4-8-16(3)10-14(19)11-5-6-12(17)13(18)9-11/h5-6,9,17-18H,4,7-8,10H2,1-3H3. The highest BCUT2D eigenvalue weighted by Gasteiger charge is 2.11. The zero-order valence-electron chi connectivity index (χ0n) is 11.8. The molecule has 0 aromatic heterocycles. The predicted octanol–water partition coefficient (Wildman–Crippen LogP) is 1.16. The Bertz CT molecular complexity index is 433. The number of aromatic hydroxyl groups is 2. The molecule has 1 aromatic carbocycles. The molecule has 0 bridgehead atoms. The van der Waals surface area contributed by atoms with E-state index in [2.05, 4.69) is 4.90 Å². The number of phenolic OH excluding ortho intramolecular Hbond substituents is 2. The molecule has 0 saturated heterocycles. The Morgan fingerprint density at radius 3 is 2.37 bits per heavy atom. The van der Waals surface area contributed by atoms with Gasteiger partial charge in [0.1, 0.15) is 0 Å². The molecule has 0 unspecified atom stereocenters. The minimum atomic E-state index is -0.263. The second-order valence-electron chi connectivity index (χ2n) is 5.02. The summed E-state index contributed by atoms with van der Waals surface area (Å²) in [5.74, 6) is -0.542. The normalized spacial score (nSPS) is 11.2. The summed E-state index contributed by atoms with van der Waals surface area (Å²) in [6.07, 6.45) is 0.998. The lowest BCUT2D eigenvalue weighted by Crippen LogP contribution is -2.29. The lowest BCUT2D eigenvalue weighted by molar-refractivity contribution is 0.0944. The quantitative estimate of drug-likeness (QED) is 0.573. The molecule has 0 aliphatic heterocycles. The van der Waals surface area contributed by atoms with Gasteiger partial charge in [-0.05, 0) is 58.9 Å². The van der Waals surface area contributed by atoms with Crippen molar-refractivity contribution in [1.29, 1.82) is 0 Å². The van der Waals surface area contributed by atoms with Crippen LogP contribution in [0.1, 0.15) is 16.8 Å². The van der Waals surface area contributed by atoms with Gasteiger partial charge in [0.15, 0.2) is 17.3 Å². The van der Waals surface area contributed by atoms with E-state index >= 15 is 0 Å². The molecule has 19 heavy (non-hydrogen) atoms. The van der Waals surface area contributed by atoms with Crippen LogP contribution in [0.4, 0.5) is 0 Å². The Labute approximate surface area is 114 Å². The van der Waals surface area contributed by atoms with Crippen LogP contribution < -0.4 is 0 Å². The van der Waals surface area contributed by atoms with Gasteiger partial charge in [0.25, 0.3) is 0 Å². The van der Waals surface area contributed by atoms with E-state index < -0.39 is 0 Å². The second kappa shape index (κ2) is 7.11. The number of rotatable bonds is 7. The molecule has 0 spiro atoms.